The lowest BCUT2D eigenvalue weighted by Crippen LogP contribution is -2.28. The predicted octanol–water partition coefficient (Wildman–Crippen LogP) is 2.28. The maximum atomic E-state index is 13.1. The zero-order chi connectivity index (χ0) is 12.3. The number of halogens is 1. The van der Waals surface area contributed by atoms with E-state index in [4.69, 9.17) is 0 Å². The van der Waals surface area contributed by atoms with Crippen molar-refractivity contribution in [3.63, 3.8) is 0 Å². The van der Waals surface area contributed by atoms with Gasteiger partial charge in [-0.15, -0.1) is 0 Å². The number of rotatable bonds is 3. The average molecular weight is 238 g/mol. The summed E-state index contributed by atoms with van der Waals surface area (Å²) in [5.41, 5.74) is 0.548. The fourth-order valence-electron chi connectivity index (χ4n) is 2.29. The van der Waals surface area contributed by atoms with Crippen molar-refractivity contribution in [1.82, 2.24) is 5.32 Å². The highest BCUT2D eigenvalue weighted by Crippen LogP contribution is 2.25. The summed E-state index contributed by atoms with van der Waals surface area (Å²) in [6.07, 6.45) is 2.58. The molecule has 1 aliphatic heterocycles. The Bertz CT molecular complexity index is 417. The molecule has 1 N–H and O–H groups in total. The van der Waals surface area contributed by atoms with E-state index >= 15 is 0 Å². The van der Waals surface area contributed by atoms with Gasteiger partial charge in [-0.3, -0.25) is 10.1 Å². The van der Waals surface area contributed by atoms with Crippen molar-refractivity contribution in [2.45, 2.75) is 19.3 Å². The summed E-state index contributed by atoms with van der Waals surface area (Å²) in [4.78, 5) is 10.4. The molecular weight excluding hydrogens is 223 g/mol. The summed E-state index contributed by atoms with van der Waals surface area (Å²) >= 11 is 0. The molecule has 4 nitrogen and oxygen atoms in total. The lowest BCUT2D eigenvalue weighted by atomic mass is 9.90. The van der Waals surface area contributed by atoms with Crippen LogP contribution in [0.1, 0.15) is 18.4 Å². The summed E-state index contributed by atoms with van der Waals surface area (Å²) in [5.74, 6) is 0.0104. The van der Waals surface area contributed by atoms with Crippen molar-refractivity contribution in [2.75, 3.05) is 13.1 Å². The molecular formula is C12H15FN2O2. The number of nitrogens with one attached hydrogen (secondary N) is 1. The first-order valence-corrected chi connectivity index (χ1v) is 5.80. The zero-order valence-electron chi connectivity index (χ0n) is 9.49. The first-order chi connectivity index (χ1) is 8.16. The first-order valence-electron chi connectivity index (χ1n) is 5.80. The number of nitro benzene ring substituents is 1. The number of hydrogen-bond acceptors (Lipinski definition) is 3. The highest BCUT2D eigenvalue weighted by atomic mass is 19.1. The van der Waals surface area contributed by atoms with Crippen LogP contribution in [0.3, 0.4) is 0 Å². The zero-order valence-corrected chi connectivity index (χ0v) is 9.49. The Kier molecular flexibility index (Phi) is 3.68. The van der Waals surface area contributed by atoms with Gasteiger partial charge in [-0.2, -0.15) is 0 Å². The Hall–Kier alpha value is -1.49. The van der Waals surface area contributed by atoms with Gasteiger partial charge in [0.05, 0.1) is 4.92 Å². The molecule has 0 aromatic heterocycles. The number of piperidine rings is 1. The van der Waals surface area contributed by atoms with Gasteiger partial charge in [0.1, 0.15) is 5.82 Å². The fraction of sp³-hybridized carbons (Fsp3) is 0.500. The van der Waals surface area contributed by atoms with Gasteiger partial charge in [-0.05, 0) is 50.4 Å². The number of benzene rings is 1. The Morgan fingerprint density at radius 3 is 2.76 bits per heavy atom. The SMILES string of the molecule is O=[N+]([O-])c1ccc(F)cc1CC1CCNCC1. The fourth-order valence-corrected chi connectivity index (χ4v) is 2.29. The smallest absolute Gasteiger partial charge is 0.272 e. The topological polar surface area (TPSA) is 55.2 Å². The minimum atomic E-state index is -0.435. The highest BCUT2D eigenvalue weighted by Gasteiger charge is 2.20. The van der Waals surface area contributed by atoms with Gasteiger partial charge in [0.25, 0.3) is 5.69 Å². The third-order valence-electron chi connectivity index (χ3n) is 3.21. The van der Waals surface area contributed by atoms with Crippen LogP contribution in [0.15, 0.2) is 18.2 Å². The van der Waals surface area contributed by atoms with E-state index in [1.54, 1.807) is 0 Å². The van der Waals surface area contributed by atoms with Crippen LogP contribution in [0.25, 0.3) is 0 Å². The van der Waals surface area contributed by atoms with Gasteiger partial charge >= 0.3 is 0 Å². The van der Waals surface area contributed by atoms with E-state index < -0.39 is 10.7 Å². The monoisotopic (exact) mass is 238 g/mol. The van der Waals surface area contributed by atoms with E-state index in [0.717, 1.165) is 32.0 Å². The standard InChI is InChI=1S/C12H15FN2O2/c13-11-1-2-12(15(16)17)10(8-11)7-9-3-5-14-6-4-9/h1-2,8-9,14H,3-7H2. The molecule has 1 saturated heterocycles. The minimum absolute atomic E-state index is 0.0323. The third-order valence-corrected chi connectivity index (χ3v) is 3.21. The van der Waals surface area contributed by atoms with Crippen molar-refractivity contribution in [3.05, 3.63) is 39.7 Å². The minimum Gasteiger partial charge on any atom is -0.317 e. The van der Waals surface area contributed by atoms with Crippen LogP contribution in [0, 0.1) is 21.8 Å². The van der Waals surface area contributed by atoms with Crippen molar-refractivity contribution in [2.24, 2.45) is 5.92 Å². The maximum absolute atomic E-state index is 13.1. The van der Waals surface area contributed by atoms with Crippen LogP contribution in [0.4, 0.5) is 10.1 Å². The molecule has 1 aliphatic rings. The third kappa shape index (κ3) is 3.00. The molecule has 1 aromatic carbocycles. The van der Waals surface area contributed by atoms with Crippen LogP contribution in [0.5, 0.6) is 0 Å². The van der Waals surface area contributed by atoms with E-state index in [1.807, 2.05) is 0 Å². The van der Waals surface area contributed by atoms with Gasteiger partial charge in [-0.25, -0.2) is 4.39 Å². The maximum Gasteiger partial charge on any atom is 0.272 e. The highest BCUT2D eigenvalue weighted by molar-refractivity contribution is 5.40. The molecule has 0 radical (unpaired) electrons. The molecule has 0 atom stereocenters. The van der Waals surface area contributed by atoms with Crippen molar-refractivity contribution in [1.29, 1.82) is 0 Å². The Balaban J connectivity index is 2.17. The van der Waals surface area contributed by atoms with E-state index in [2.05, 4.69) is 5.32 Å². The molecule has 17 heavy (non-hydrogen) atoms. The summed E-state index contributed by atoms with van der Waals surface area (Å²) in [7, 11) is 0. The van der Waals surface area contributed by atoms with Crippen molar-refractivity contribution in [3.8, 4) is 0 Å². The van der Waals surface area contributed by atoms with Crippen molar-refractivity contribution >= 4 is 5.69 Å². The van der Waals surface area contributed by atoms with E-state index in [-0.39, 0.29) is 5.69 Å². The average Bonchev–Trinajstić information content (AvgIpc) is 2.30. The van der Waals surface area contributed by atoms with Crippen LogP contribution in [-0.2, 0) is 6.42 Å². The molecule has 0 saturated carbocycles. The van der Waals surface area contributed by atoms with Crippen LogP contribution >= 0.6 is 0 Å². The van der Waals surface area contributed by atoms with Crippen LogP contribution in [-0.4, -0.2) is 18.0 Å². The molecule has 0 spiro atoms. The van der Waals surface area contributed by atoms with Gasteiger partial charge < -0.3 is 5.32 Å². The second-order valence-corrected chi connectivity index (χ2v) is 4.43. The van der Waals surface area contributed by atoms with E-state index in [9.17, 15) is 14.5 Å². The second kappa shape index (κ2) is 5.23. The molecule has 0 bridgehead atoms. The van der Waals surface area contributed by atoms with Gasteiger partial charge in [0.15, 0.2) is 0 Å². The summed E-state index contributed by atoms with van der Waals surface area (Å²) in [6.45, 7) is 1.88. The molecule has 1 fully saturated rings. The molecule has 5 heteroatoms. The first kappa shape index (κ1) is 12.0. The molecule has 0 unspecified atom stereocenters. The lowest BCUT2D eigenvalue weighted by Gasteiger charge is -2.22. The number of nitro groups is 1. The quantitative estimate of drug-likeness (QED) is 0.649. The molecule has 92 valence electrons. The molecule has 1 aromatic rings. The lowest BCUT2D eigenvalue weighted by molar-refractivity contribution is -0.385. The largest absolute Gasteiger partial charge is 0.317 e. The van der Waals surface area contributed by atoms with Crippen molar-refractivity contribution < 1.29 is 9.31 Å². The number of nitrogens with zero attached hydrogens (tertiary/aromatic N) is 1. The second-order valence-electron chi connectivity index (χ2n) is 4.43. The predicted molar refractivity (Wildman–Crippen MR) is 62.4 cm³/mol. The Morgan fingerprint density at radius 2 is 2.12 bits per heavy atom. The number of hydrogen-bond donors (Lipinski definition) is 1. The summed E-state index contributed by atoms with van der Waals surface area (Å²) in [6, 6.07) is 3.69. The summed E-state index contributed by atoms with van der Waals surface area (Å²) in [5, 5.41) is 14.1. The molecule has 0 amide bonds. The van der Waals surface area contributed by atoms with Gasteiger partial charge in [-0.1, -0.05) is 0 Å². The van der Waals surface area contributed by atoms with E-state index in [0.29, 0.717) is 17.9 Å². The Morgan fingerprint density at radius 1 is 1.41 bits per heavy atom. The molecule has 2 rings (SSSR count). The van der Waals surface area contributed by atoms with Gasteiger partial charge in [0.2, 0.25) is 0 Å². The van der Waals surface area contributed by atoms with Crippen LogP contribution in [0.2, 0.25) is 0 Å². The van der Waals surface area contributed by atoms with Crippen LogP contribution < -0.4 is 5.32 Å². The van der Waals surface area contributed by atoms with Gasteiger partial charge in [0, 0.05) is 11.6 Å². The summed E-state index contributed by atoms with van der Waals surface area (Å²) < 4.78 is 13.1. The normalized spacial score (nSPS) is 17.0. The molecule has 1 heterocycles. The van der Waals surface area contributed by atoms with E-state index in [1.165, 1.54) is 12.1 Å². The molecule has 0 aliphatic carbocycles. The Labute approximate surface area is 99.0 Å².